The average molecular weight is 459 g/mol. The Hall–Kier alpha value is -3.26. The number of carbonyl (C=O) groups excluding carboxylic acids is 1. The van der Waals surface area contributed by atoms with E-state index in [1.807, 2.05) is 0 Å². The van der Waals surface area contributed by atoms with Gasteiger partial charge in [0.25, 0.3) is 0 Å². The number of aromatic nitrogens is 3. The van der Waals surface area contributed by atoms with Crippen molar-refractivity contribution in [1.29, 1.82) is 0 Å². The Labute approximate surface area is 188 Å². The molecule has 1 amide bonds. The van der Waals surface area contributed by atoms with Gasteiger partial charge in [-0.25, -0.2) is 0 Å². The molecule has 0 aliphatic carbocycles. The minimum Gasteiger partial charge on any atom is -0.434 e. The van der Waals surface area contributed by atoms with Crippen LogP contribution in [-0.4, -0.2) is 27.3 Å². The van der Waals surface area contributed by atoms with E-state index in [0.29, 0.717) is 27.7 Å². The van der Waals surface area contributed by atoms with Gasteiger partial charge in [-0.05, 0) is 43.2 Å². The lowest BCUT2D eigenvalue weighted by molar-refractivity contribution is -0.111. The molecule has 0 bridgehead atoms. The minimum atomic E-state index is -2.95. The number of amides is 1. The number of halogens is 3. The number of ether oxygens (including phenoxy) is 1. The Morgan fingerprint density at radius 1 is 1.16 bits per heavy atom. The molecule has 0 saturated heterocycles. The molecule has 166 valence electrons. The summed E-state index contributed by atoms with van der Waals surface area (Å²) >= 11 is 6.42. The molecule has 1 N–H and O–H groups in total. The van der Waals surface area contributed by atoms with E-state index in [9.17, 15) is 13.6 Å². The Kier molecular flexibility index (Phi) is 6.80. The van der Waals surface area contributed by atoms with Crippen LogP contribution in [0, 0.1) is 0 Å². The molecule has 3 aromatic rings. The molecule has 6 nitrogen and oxygen atoms in total. The number of aryl methyl sites for hydroxylation is 1. The van der Waals surface area contributed by atoms with Crippen LogP contribution < -0.4 is 10.1 Å². The third kappa shape index (κ3) is 5.13. The zero-order valence-electron chi connectivity index (χ0n) is 17.1. The van der Waals surface area contributed by atoms with Gasteiger partial charge in [-0.15, -0.1) is 10.2 Å². The minimum absolute atomic E-state index is 0.00664. The van der Waals surface area contributed by atoms with E-state index in [-0.39, 0.29) is 5.75 Å². The maximum atomic E-state index is 12.6. The number of rotatable bonds is 6. The van der Waals surface area contributed by atoms with Crippen LogP contribution in [0.1, 0.15) is 30.7 Å². The summed E-state index contributed by atoms with van der Waals surface area (Å²) in [7, 11) is 0. The first-order chi connectivity index (χ1) is 15.5. The second-order valence-corrected chi connectivity index (χ2v) is 7.74. The molecule has 0 radical (unpaired) electrons. The smallest absolute Gasteiger partial charge is 0.387 e. The number of benzene rings is 2. The van der Waals surface area contributed by atoms with E-state index in [2.05, 4.69) is 24.8 Å². The Balaban J connectivity index is 1.52. The van der Waals surface area contributed by atoms with Crippen LogP contribution in [-0.2, 0) is 17.8 Å². The predicted molar refractivity (Wildman–Crippen MR) is 119 cm³/mol. The first-order valence-corrected chi connectivity index (χ1v) is 10.6. The molecule has 9 heteroatoms. The van der Waals surface area contributed by atoms with Crippen LogP contribution in [0.2, 0.25) is 5.02 Å². The number of carbonyl (C=O) groups is 1. The number of para-hydroxylation sites is 1. The molecular weight excluding hydrogens is 438 g/mol. The van der Waals surface area contributed by atoms with Gasteiger partial charge in [-0.1, -0.05) is 36.2 Å². The van der Waals surface area contributed by atoms with E-state index in [1.165, 1.54) is 18.2 Å². The normalized spacial score (nSPS) is 13.8. The maximum Gasteiger partial charge on any atom is 0.387 e. The summed E-state index contributed by atoms with van der Waals surface area (Å²) in [6.07, 6.45) is 6.83. The number of hydrogen-bond acceptors (Lipinski definition) is 4. The van der Waals surface area contributed by atoms with Crippen LogP contribution in [0.3, 0.4) is 0 Å². The first kappa shape index (κ1) is 22.0. The van der Waals surface area contributed by atoms with Crippen molar-refractivity contribution in [3.05, 3.63) is 65.0 Å². The third-order valence-electron chi connectivity index (χ3n) is 5.13. The van der Waals surface area contributed by atoms with Crippen molar-refractivity contribution in [2.75, 3.05) is 5.32 Å². The Morgan fingerprint density at radius 3 is 2.84 bits per heavy atom. The van der Waals surface area contributed by atoms with E-state index in [1.54, 1.807) is 36.4 Å². The topological polar surface area (TPSA) is 69.0 Å². The van der Waals surface area contributed by atoms with Gasteiger partial charge in [-0.2, -0.15) is 8.78 Å². The molecule has 0 atom stereocenters. The van der Waals surface area contributed by atoms with Crippen LogP contribution in [0.15, 0.2) is 48.5 Å². The summed E-state index contributed by atoms with van der Waals surface area (Å²) in [5.41, 5.74) is 1.58. The number of fused-ring (bicyclic) bond motifs is 1. The maximum absolute atomic E-state index is 12.6. The van der Waals surface area contributed by atoms with Crippen molar-refractivity contribution in [1.82, 2.24) is 14.8 Å². The van der Waals surface area contributed by atoms with Crippen LogP contribution >= 0.6 is 11.6 Å². The lowest BCUT2D eigenvalue weighted by Crippen LogP contribution is -2.08. The molecule has 1 aliphatic heterocycles. The number of anilines is 1. The number of nitrogens with one attached hydrogen (secondary N) is 1. The largest absolute Gasteiger partial charge is 0.434 e. The Bertz CT molecular complexity index is 1150. The highest BCUT2D eigenvalue weighted by atomic mass is 35.5. The standard InChI is InChI=1S/C23H21ClF2N4O2/c24-18-11-10-16(14-17(18)22-29-28-20-8-2-1-5-13-30(20)22)27-21(31)12-9-15-6-3-4-7-19(15)32-23(25)26/h3-4,6-7,9-12,14,23H,1-2,5,8,13H2,(H,27,31)/b12-9+. The fraction of sp³-hybridized carbons (Fsp3) is 0.261. The zero-order chi connectivity index (χ0) is 22.5. The van der Waals surface area contributed by atoms with Crippen LogP contribution in [0.5, 0.6) is 5.75 Å². The van der Waals surface area contributed by atoms with Gasteiger partial charge in [0.2, 0.25) is 5.91 Å². The van der Waals surface area contributed by atoms with Gasteiger partial charge < -0.3 is 14.6 Å². The molecule has 2 aromatic carbocycles. The molecule has 1 aliphatic rings. The van der Waals surface area contributed by atoms with Gasteiger partial charge in [0.15, 0.2) is 5.82 Å². The zero-order valence-corrected chi connectivity index (χ0v) is 17.9. The highest BCUT2D eigenvalue weighted by Crippen LogP contribution is 2.31. The van der Waals surface area contributed by atoms with E-state index < -0.39 is 12.5 Å². The molecular formula is C23H21ClF2N4O2. The highest BCUT2D eigenvalue weighted by molar-refractivity contribution is 6.33. The predicted octanol–water partition coefficient (Wildman–Crippen LogP) is 5.58. The number of hydrogen-bond donors (Lipinski definition) is 1. The van der Waals surface area contributed by atoms with Crippen molar-refractivity contribution >= 4 is 29.3 Å². The van der Waals surface area contributed by atoms with Gasteiger partial charge in [0.1, 0.15) is 11.6 Å². The second-order valence-electron chi connectivity index (χ2n) is 7.34. The SMILES string of the molecule is O=C(/C=C/c1ccccc1OC(F)F)Nc1ccc(Cl)c(-c2nnc3n2CCCCC3)c1. The second kappa shape index (κ2) is 9.91. The van der Waals surface area contributed by atoms with E-state index in [0.717, 1.165) is 38.1 Å². The summed E-state index contributed by atoms with van der Waals surface area (Å²) in [5, 5.41) is 11.9. The summed E-state index contributed by atoms with van der Waals surface area (Å²) in [5.74, 6) is 1.19. The van der Waals surface area contributed by atoms with Gasteiger partial charge >= 0.3 is 6.61 Å². The number of nitrogens with zero attached hydrogens (tertiary/aromatic N) is 3. The monoisotopic (exact) mass is 458 g/mol. The number of alkyl halides is 2. The van der Waals surface area contributed by atoms with Crippen LogP contribution in [0.25, 0.3) is 17.5 Å². The lowest BCUT2D eigenvalue weighted by atomic mass is 10.1. The summed E-state index contributed by atoms with van der Waals surface area (Å²) in [4.78, 5) is 12.4. The molecule has 1 aromatic heterocycles. The van der Waals surface area contributed by atoms with Crippen LogP contribution in [0.4, 0.5) is 14.5 Å². The van der Waals surface area contributed by atoms with E-state index in [4.69, 9.17) is 11.6 Å². The van der Waals surface area contributed by atoms with Crippen molar-refractivity contribution in [3.63, 3.8) is 0 Å². The summed E-state index contributed by atoms with van der Waals surface area (Å²) in [6.45, 7) is -2.12. The van der Waals surface area contributed by atoms with Crippen molar-refractivity contribution in [3.8, 4) is 17.1 Å². The molecule has 4 rings (SSSR count). The lowest BCUT2D eigenvalue weighted by Gasteiger charge is -2.10. The summed E-state index contributed by atoms with van der Waals surface area (Å²) < 4.78 is 31.7. The molecule has 0 spiro atoms. The molecule has 0 fully saturated rings. The fourth-order valence-corrected chi connectivity index (χ4v) is 3.83. The quantitative estimate of drug-likeness (QED) is 0.490. The van der Waals surface area contributed by atoms with Crippen molar-refractivity contribution in [2.45, 2.75) is 38.8 Å². The summed E-state index contributed by atoms with van der Waals surface area (Å²) in [6, 6.07) is 11.4. The van der Waals surface area contributed by atoms with Crippen molar-refractivity contribution < 1.29 is 18.3 Å². The fourth-order valence-electron chi connectivity index (χ4n) is 3.63. The molecule has 0 saturated carbocycles. The van der Waals surface area contributed by atoms with Gasteiger partial charge in [0.05, 0.1) is 5.02 Å². The Morgan fingerprint density at radius 2 is 2.00 bits per heavy atom. The van der Waals surface area contributed by atoms with Gasteiger partial charge in [-0.3, -0.25) is 4.79 Å². The van der Waals surface area contributed by atoms with Gasteiger partial charge in [0, 0.05) is 35.9 Å². The van der Waals surface area contributed by atoms with E-state index >= 15 is 0 Å². The third-order valence-corrected chi connectivity index (χ3v) is 5.46. The average Bonchev–Trinajstić information content (AvgIpc) is 3.01. The molecule has 32 heavy (non-hydrogen) atoms. The molecule has 0 unspecified atom stereocenters. The van der Waals surface area contributed by atoms with Crippen molar-refractivity contribution in [2.24, 2.45) is 0 Å². The first-order valence-electron chi connectivity index (χ1n) is 10.3. The highest BCUT2D eigenvalue weighted by Gasteiger charge is 2.18. The molecule has 2 heterocycles.